The summed E-state index contributed by atoms with van der Waals surface area (Å²) in [5, 5.41) is 6.64. The van der Waals surface area contributed by atoms with E-state index in [1.165, 1.54) is 6.20 Å². The summed E-state index contributed by atoms with van der Waals surface area (Å²) in [4.78, 5) is 20.6. The summed E-state index contributed by atoms with van der Waals surface area (Å²) in [5.74, 6) is 1.13. The van der Waals surface area contributed by atoms with Crippen molar-refractivity contribution in [3.63, 3.8) is 0 Å². The maximum atomic E-state index is 12.2. The van der Waals surface area contributed by atoms with E-state index in [4.69, 9.17) is 16.3 Å². The average molecular weight is 383 g/mol. The van der Waals surface area contributed by atoms with Crippen LogP contribution in [0.4, 0.5) is 5.82 Å². The topological polar surface area (TPSA) is 76.1 Å². The number of ether oxygens (including phenoxy) is 1. The molecule has 0 atom stereocenters. The molecule has 0 unspecified atom stereocenters. The van der Waals surface area contributed by atoms with E-state index in [0.717, 1.165) is 16.9 Å². The van der Waals surface area contributed by atoms with E-state index in [-0.39, 0.29) is 11.6 Å². The Morgan fingerprint density at radius 2 is 1.63 bits per heavy atom. The van der Waals surface area contributed by atoms with E-state index >= 15 is 0 Å². The molecule has 7 heteroatoms. The van der Waals surface area contributed by atoms with E-state index in [2.05, 4.69) is 20.6 Å². The Kier molecular flexibility index (Phi) is 6.22. The number of amides is 1. The van der Waals surface area contributed by atoms with Crippen LogP contribution in [0.3, 0.4) is 0 Å². The van der Waals surface area contributed by atoms with Crippen LogP contribution >= 0.6 is 11.6 Å². The van der Waals surface area contributed by atoms with Gasteiger partial charge in [0.25, 0.3) is 5.91 Å². The van der Waals surface area contributed by atoms with E-state index < -0.39 is 0 Å². The first-order chi connectivity index (χ1) is 13.1. The zero-order valence-corrected chi connectivity index (χ0v) is 15.5. The molecule has 0 spiro atoms. The molecule has 1 aromatic heterocycles. The lowest BCUT2D eigenvalue weighted by atomic mass is 10.2. The molecule has 27 heavy (non-hydrogen) atoms. The Morgan fingerprint density at radius 1 is 0.963 bits per heavy atom. The van der Waals surface area contributed by atoms with Gasteiger partial charge in [0.1, 0.15) is 17.3 Å². The molecule has 0 saturated heterocycles. The monoisotopic (exact) mass is 382 g/mol. The number of nitrogens with one attached hydrogen (secondary N) is 2. The van der Waals surface area contributed by atoms with Gasteiger partial charge < -0.3 is 15.4 Å². The van der Waals surface area contributed by atoms with Crippen molar-refractivity contribution < 1.29 is 9.53 Å². The number of aromatic nitrogens is 2. The van der Waals surface area contributed by atoms with Gasteiger partial charge in [-0.15, -0.1) is 0 Å². The maximum Gasteiger partial charge on any atom is 0.271 e. The number of nitrogens with zero attached hydrogens (tertiary/aromatic N) is 2. The number of hydrogen-bond acceptors (Lipinski definition) is 5. The van der Waals surface area contributed by atoms with E-state index in [0.29, 0.717) is 23.9 Å². The summed E-state index contributed by atoms with van der Waals surface area (Å²) in [6.07, 6.45) is 2.99. The SMILES string of the molecule is COc1ccc(CNc2cnc(C(=O)NCc3ccc(Cl)cc3)cn2)cc1. The standard InChI is InChI=1S/C20H19ClN4O2/c1-27-17-8-4-15(5-9-17)10-23-19-13-22-18(12-24-19)20(26)25-11-14-2-6-16(21)7-3-14/h2-9,12-13H,10-11H2,1H3,(H,23,24)(H,25,26). The van der Waals surface area contributed by atoms with Gasteiger partial charge >= 0.3 is 0 Å². The van der Waals surface area contributed by atoms with Gasteiger partial charge in [-0.25, -0.2) is 9.97 Å². The summed E-state index contributed by atoms with van der Waals surface area (Å²) in [6, 6.07) is 15.0. The molecule has 0 radical (unpaired) electrons. The van der Waals surface area contributed by atoms with Gasteiger partial charge in [0.15, 0.2) is 0 Å². The Morgan fingerprint density at radius 3 is 2.26 bits per heavy atom. The van der Waals surface area contributed by atoms with Crippen LogP contribution in [0.1, 0.15) is 21.6 Å². The molecule has 0 aliphatic heterocycles. The minimum Gasteiger partial charge on any atom is -0.497 e. The fraction of sp³-hybridized carbons (Fsp3) is 0.150. The first kappa shape index (κ1) is 18.7. The molecule has 0 aliphatic rings. The molecule has 2 N–H and O–H groups in total. The van der Waals surface area contributed by atoms with Crippen molar-refractivity contribution >= 4 is 23.3 Å². The van der Waals surface area contributed by atoms with Gasteiger partial charge in [0, 0.05) is 18.1 Å². The Labute approximate surface area is 162 Å². The number of anilines is 1. The predicted octanol–water partition coefficient (Wildman–Crippen LogP) is 3.68. The number of rotatable bonds is 7. The zero-order chi connectivity index (χ0) is 19.1. The van der Waals surface area contributed by atoms with Crippen LogP contribution < -0.4 is 15.4 Å². The van der Waals surface area contributed by atoms with Gasteiger partial charge in [0.05, 0.1) is 19.5 Å². The number of carbonyl (C=O) groups excluding carboxylic acids is 1. The molecule has 138 valence electrons. The van der Waals surface area contributed by atoms with Crippen molar-refractivity contribution in [1.29, 1.82) is 0 Å². The highest BCUT2D eigenvalue weighted by molar-refractivity contribution is 6.30. The highest BCUT2D eigenvalue weighted by Crippen LogP contribution is 2.13. The number of methoxy groups -OCH3 is 1. The molecular weight excluding hydrogens is 364 g/mol. The van der Waals surface area contributed by atoms with E-state index in [1.54, 1.807) is 25.4 Å². The molecule has 1 heterocycles. The number of carbonyl (C=O) groups is 1. The number of benzene rings is 2. The van der Waals surface area contributed by atoms with Gasteiger partial charge in [-0.3, -0.25) is 4.79 Å². The van der Waals surface area contributed by atoms with Crippen molar-refractivity contribution in [3.05, 3.63) is 82.8 Å². The highest BCUT2D eigenvalue weighted by atomic mass is 35.5. The van der Waals surface area contributed by atoms with E-state index in [1.807, 2.05) is 36.4 Å². The molecule has 3 rings (SSSR count). The third kappa shape index (κ3) is 5.43. The maximum absolute atomic E-state index is 12.2. The summed E-state index contributed by atoms with van der Waals surface area (Å²) >= 11 is 5.85. The van der Waals surface area contributed by atoms with Crippen LogP contribution in [-0.4, -0.2) is 23.0 Å². The molecule has 1 amide bonds. The summed E-state index contributed by atoms with van der Waals surface area (Å²) in [6.45, 7) is 0.996. The molecule has 0 fully saturated rings. The normalized spacial score (nSPS) is 10.3. The lowest BCUT2D eigenvalue weighted by molar-refractivity contribution is 0.0945. The molecule has 0 bridgehead atoms. The smallest absolute Gasteiger partial charge is 0.271 e. The Hall–Kier alpha value is -3.12. The van der Waals surface area contributed by atoms with Crippen molar-refractivity contribution in [3.8, 4) is 5.75 Å². The summed E-state index contributed by atoms with van der Waals surface area (Å²) in [7, 11) is 1.63. The molecule has 0 aliphatic carbocycles. The third-order valence-electron chi connectivity index (χ3n) is 3.88. The van der Waals surface area contributed by atoms with Gasteiger partial charge in [-0.2, -0.15) is 0 Å². The third-order valence-corrected chi connectivity index (χ3v) is 4.14. The van der Waals surface area contributed by atoms with Crippen molar-refractivity contribution in [2.45, 2.75) is 13.1 Å². The first-order valence-corrected chi connectivity index (χ1v) is 8.73. The quantitative estimate of drug-likeness (QED) is 0.651. The fourth-order valence-corrected chi connectivity index (χ4v) is 2.47. The van der Waals surface area contributed by atoms with Crippen LogP contribution in [0.15, 0.2) is 60.9 Å². The lowest BCUT2D eigenvalue weighted by Gasteiger charge is -2.08. The predicted molar refractivity (Wildman–Crippen MR) is 105 cm³/mol. The minimum atomic E-state index is -0.279. The van der Waals surface area contributed by atoms with Gasteiger partial charge in [-0.05, 0) is 35.4 Å². The van der Waals surface area contributed by atoms with Crippen molar-refractivity contribution in [2.75, 3.05) is 12.4 Å². The molecule has 2 aromatic carbocycles. The molecule has 0 saturated carbocycles. The van der Waals surface area contributed by atoms with Gasteiger partial charge in [-0.1, -0.05) is 35.9 Å². The van der Waals surface area contributed by atoms with E-state index in [9.17, 15) is 4.79 Å². The highest BCUT2D eigenvalue weighted by Gasteiger charge is 2.08. The first-order valence-electron chi connectivity index (χ1n) is 8.35. The number of hydrogen-bond donors (Lipinski definition) is 2. The Bertz CT molecular complexity index is 881. The second-order valence-electron chi connectivity index (χ2n) is 5.80. The molecular formula is C20H19ClN4O2. The Balaban J connectivity index is 1.51. The van der Waals surface area contributed by atoms with Crippen LogP contribution in [-0.2, 0) is 13.1 Å². The van der Waals surface area contributed by atoms with Gasteiger partial charge in [0.2, 0.25) is 0 Å². The largest absolute Gasteiger partial charge is 0.497 e. The summed E-state index contributed by atoms with van der Waals surface area (Å²) < 4.78 is 5.13. The zero-order valence-electron chi connectivity index (χ0n) is 14.8. The average Bonchev–Trinajstić information content (AvgIpc) is 2.72. The van der Waals surface area contributed by atoms with Crippen LogP contribution in [0.2, 0.25) is 5.02 Å². The van der Waals surface area contributed by atoms with Crippen molar-refractivity contribution in [2.24, 2.45) is 0 Å². The van der Waals surface area contributed by atoms with Crippen LogP contribution in [0.25, 0.3) is 0 Å². The molecule has 6 nitrogen and oxygen atoms in total. The second-order valence-corrected chi connectivity index (χ2v) is 6.23. The van der Waals surface area contributed by atoms with Crippen LogP contribution in [0.5, 0.6) is 5.75 Å². The fourth-order valence-electron chi connectivity index (χ4n) is 2.35. The number of halogens is 1. The van der Waals surface area contributed by atoms with Crippen LogP contribution in [0, 0.1) is 0 Å². The van der Waals surface area contributed by atoms with Crippen molar-refractivity contribution in [1.82, 2.24) is 15.3 Å². The lowest BCUT2D eigenvalue weighted by Crippen LogP contribution is -2.24. The summed E-state index contributed by atoms with van der Waals surface area (Å²) in [5.41, 5.74) is 2.31. The second kappa shape index (κ2) is 9.00. The minimum absolute atomic E-state index is 0.263. The molecule has 3 aromatic rings.